The molecule has 10 heavy (non-hydrogen) atoms. The predicted octanol–water partition coefficient (Wildman–Crippen LogP) is 1.24. The van der Waals surface area contributed by atoms with E-state index in [0.717, 1.165) is 6.54 Å². The molecule has 0 spiro atoms. The average Bonchev–Trinajstić information content (AvgIpc) is 2.13. The van der Waals surface area contributed by atoms with Crippen molar-refractivity contribution in [1.29, 1.82) is 0 Å². The van der Waals surface area contributed by atoms with Gasteiger partial charge in [-0.3, -0.25) is 4.68 Å². The maximum atomic E-state index is 8.88. The van der Waals surface area contributed by atoms with E-state index in [1.165, 1.54) is 6.20 Å². The van der Waals surface area contributed by atoms with Gasteiger partial charge in [-0.1, -0.05) is 13.8 Å². The van der Waals surface area contributed by atoms with E-state index in [0.29, 0.717) is 5.92 Å². The van der Waals surface area contributed by atoms with Crippen molar-refractivity contribution < 1.29 is 5.11 Å². The van der Waals surface area contributed by atoms with Crippen LogP contribution in [0.25, 0.3) is 0 Å². The lowest BCUT2D eigenvalue weighted by Crippen LogP contribution is -2.03. The highest BCUT2D eigenvalue weighted by Gasteiger charge is 1.97. The summed E-state index contributed by atoms with van der Waals surface area (Å²) in [6.07, 6.45) is 3.07. The maximum absolute atomic E-state index is 8.88. The summed E-state index contributed by atoms with van der Waals surface area (Å²) in [6, 6.07) is 0. The molecule has 0 unspecified atom stereocenters. The molecule has 0 saturated carbocycles. The summed E-state index contributed by atoms with van der Waals surface area (Å²) in [5.74, 6) is 0.806. The number of hydrogen-bond acceptors (Lipinski definition) is 2. The molecule has 0 aromatic carbocycles. The number of hydrogen-bond donors (Lipinski definition) is 1. The summed E-state index contributed by atoms with van der Waals surface area (Å²) in [7, 11) is 0. The van der Waals surface area contributed by atoms with Crippen LogP contribution in [0.2, 0.25) is 0 Å². The van der Waals surface area contributed by atoms with E-state index >= 15 is 0 Å². The van der Waals surface area contributed by atoms with Gasteiger partial charge < -0.3 is 5.11 Å². The SMILES string of the molecule is CC(C)Cn1cc(O)cn1. The van der Waals surface area contributed by atoms with Gasteiger partial charge in [0.05, 0.1) is 12.4 Å². The third-order valence-electron chi connectivity index (χ3n) is 1.17. The van der Waals surface area contributed by atoms with Crippen LogP contribution in [-0.2, 0) is 6.54 Å². The van der Waals surface area contributed by atoms with Crippen molar-refractivity contribution in [3.05, 3.63) is 12.4 Å². The van der Waals surface area contributed by atoms with Crippen LogP contribution in [0.1, 0.15) is 13.8 Å². The van der Waals surface area contributed by atoms with E-state index in [1.54, 1.807) is 10.9 Å². The summed E-state index contributed by atoms with van der Waals surface area (Å²) >= 11 is 0. The number of rotatable bonds is 2. The van der Waals surface area contributed by atoms with Gasteiger partial charge in [0.15, 0.2) is 5.75 Å². The normalized spacial score (nSPS) is 10.7. The quantitative estimate of drug-likeness (QED) is 0.671. The highest BCUT2D eigenvalue weighted by atomic mass is 16.3. The topological polar surface area (TPSA) is 38.0 Å². The van der Waals surface area contributed by atoms with Crippen LogP contribution in [-0.4, -0.2) is 14.9 Å². The molecule has 1 N–H and O–H groups in total. The third-order valence-corrected chi connectivity index (χ3v) is 1.17. The highest BCUT2D eigenvalue weighted by Crippen LogP contribution is 2.06. The molecule has 0 aliphatic heterocycles. The summed E-state index contributed by atoms with van der Waals surface area (Å²) in [4.78, 5) is 0. The van der Waals surface area contributed by atoms with Gasteiger partial charge in [-0.25, -0.2) is 0 Å². The Balaban J connectivity index is 2.58. The Morgan fingerprint density at radius 3 is 2.80 bits per heavy atom. The van der Waals surface area contributed by atoms with Gasteiger partial charge in [0.2, 0.25) is 0 Å². The zero-order valence-corrected chi connectivity index (χ0v) is 6.28. The Morgan fingerprint density at radius 1 is 1.70 bits per heavy atom. The Kier molecular flexibility index (Phi) is 1.94. The lowest BCUT2D eigenvalue weighted by molar-refractivity contribution is 0.463. The molecule has 0 fully saturated rings. The second-order valence-electron chi connectivity index (χ2n) is 2.81. The maximum Gasteiger partial charge on any atom is 0.153 e. The molecule has 0 radical (unpaired) electrons. The Hall–Kier alpha value is -0.990. The van der Waals surface area contributed by atoms with E-state index in [9.17, 15) is 0 Å². The van der Waals surface area contributed by atoms with Gasteiger partial charge in [-0.2, -0.15) is 5.10 Å². The molecular weight excluding hydrogens is 128 g/mol. The van der Waals surface area contributed by atoms with Gasteiger partial charge in [-0.15, -0.1) is 0 Å². The van der Waals surface area contributed by atoms with Crippen molar-refractivity contribution in [3.8, 4) is 5.75 Å². The first-order valence-electron chi connectivity index (χ1n) is 3.40. The number of aromatic nitrogens is 2. The summed E-state index contributed by atoms with van der Waals surface area (Å²) < 4.78 is 1.74. The fraction of sp³-hybridized carbons (Fsp3) is 0.571. The standard InChI is InChI=1S/C7H12N2O/c1-6(2)4-9-5-7(10)3-8-9/h3,5-6,10H,4H2,1-2H3. The Morgan fingerprint density at radius 2 is 2.40 bits per heavy atom. The molecule has 0 bridgehead atoms. The lowest BCUT2D eigenvalue weighted by atomic mass is 10.2. The van der Waals surface area contributed by atoms with E-state index in [4.69, 9.17) is 5.11 Å². The zero-order chi connectivity index (χ0) is 7.56. The van der Waals surface area contributed by atoms with E-state index < -0.39 is 0 Å². The molecule has 0 saturated heterocycles. The van der Waals surface area contributed by atoms with Gasteiger partial charge in [0, 0.05) is 6.54 Å². The summed E-state index contributed by atoms with van der Waals surface area (Å²) in [5, 5.41) is 12.8. The summed E-state index contributed by atoms with van der Waals surface area (Å²) in [5.41, 5.74) is 0. The molecule has 0 aliphatic rings. The van der Waals surface area contributed by atoms with Crippen molar-refractivity contribution in [3.63, 3.8) is 0 Å². The van der Waals surface area contributed by atoms with Crippen LogP contribution in [0.15, 0.2) is 12.4 Å². The van der Waals surface area contributed by atoms with Crippen LogP contribution < -0.4 is 0 Å². The van der Waals surface area contributed by atoms with E-state index in [1.807, 2.05) is 0 Å². The fourth-order valence-corrected chi connectivity index (χ4v) is 0.827. The van der Waals surface area contributed by atoms with Gasteiger partial charge >= 0.3 is 0 Å². The zero-order valence-electron chi connectivity index (χ0n) is 6.28. The van der Waals surface area contributed by atoms with Gasteiger partial charge in [-0.05, 0) is 5.92 Å². The molecule has 0 amide bonds. The van der Waals surface area contributed by atoms with Gasteiger partial charge in [0.25, 0.3) is 0 Å². The van der Waals surface area contributed by atoms with Crippen molar-refractivity contribution in [1.82, 2.24) is 9.78 Å². The molecular formula is C7H12N2O. The van der Waals surface area contributed by atoms with Crippen molar-refractivity contribution in [2.45, 2.75) is 20.4 Å². The molecule has 1 aromatic heterocycles. The number of aromatic hydroxyl groups is 1. The van der Waals surface area contributed by atoms with E-state index in [2.05, 4.69) is 18.9 Å². The first-order chi connectivity index (χ1) is 4.68. The first-order valence-corrected chi connectivity index (χ1v) is 3.40. The third kappa shape index (κ3) is 1.76. The predicted molar refractivity (Wildman–Crippen MR) is 38.7 cm³/mol. The molecule has 3 nitrogen and oxygen atoms in total. The van der Waals surface area contributed by atoms with Gasteiger partial charge in [0.1, 0.15) is 0 Å². The molecule has 0 atom stereocenters. The lowest BCUT2D eigenvalue weighted by Gasteiger charge is -2.02. The van der Waals surface area contributed by atoms with E-state index in [-0.39, 0.29) is 5.75 Å². The second kappa shape index (κ2) is 2.73. The molecule has 3 heteroatoms. The van der Waals surface area contributed by atoms with Crippen molar-refractivity contribution in [2.75, 3.05) is 0 Å². The monoisotopic (exact) mass is 140 g/mol. The van der Waals surface area contributed by atoms with Crippen LogP contribution in [0.3, 0.4) is 0 Å². The molecule has 1 aromatic rings. The minimum Gasteiger partial charge on any atom is -0.505 e. The smallest absolute Gasteiger partial charge is 0.153 e. The van der Waals surface area contributed by atoms with Crippen LogP contribution in [0.4, 0.5) is 0 Å². The Labute approximate surface area is 60.3 Å². The van der Waals surface area contributed by atoms with Crippen LogP contribution in [0, 0.1) is 5.92 Å². The second-order valence-corrected chi connectivity index (χ2v) is 2.81. The molecule has 0 aliphatic carbocycles. The largest absolute Gasteiger partial charge is 0.505 e. The fourth-order valence-electron chi connectivity index (χ4n) is 0.827. The van der Waals surface area contributed by atoms with Crippen molar-refractivity contribution >= 4 is 0 Å². The number of nitrogens with zero attached hydrogens (tertiary/aromatic N) is 2. The molecule has 56 valence electrons. The van der Waals surface area contributed by atoms with Crippen molar-refractivity contribution in [2.24, 2.45) is 5.92 Å². The highest BCUT2D eigenvalue weighted by molar-refractivity contribution is 5.08. The van der Waals surface area contributed by atoms with Crippen LogP contribution in [0.5, 0.6) is 5.75 Å². The first kappa shape index (κ1) is 7.12. The Bertz CT molecular complexity index is 205. The molecule has 1 heterocycles. The molecule has 1 rings (SSSR count). The minimum atomic E-state index is 0.237. The summed E-state index contributed by atoms with van der Waals surface area (Å²) in [6.45, 7) is 5.08. The minimum absolute atomic E-state index is 0.237. The average molecular weight is 140 g/mol. The van der Waals surface area contributed by atoms with Crippen LogP contribution >= 0.6 is 0 Å².